The standard InChI is InChI=1S/C15H19N3OS/c1-4-12-9(2)14(17-16-12)15(19)18-7-5-13-11(10(18)3)6-8-20-13/h6,8,10H,4-5,7H2,1-3H3,(H,16,17)/t10-/m1/s1. The van der Waals surface area contributed by atoms with Gasteiger partial charge in [0.25, 0.3) is 5.91 Å². The predicted molar refractivity (Wildman–Crippen MR) is 80.2 cm³/mol. The molecule has 3 rings (SSSR count). The normalized spacial score (nSPS) is 18.1. The summed E-state index contributed by atoms with van der Waals surface area (Å²) < 4.78 is 0. The van der Waals surface area contributed by atoms with Crippen molar-refractivity contribution in [2.45, 2.75) is 39.7 Å². The number of hydrogen-bond acceptors (Lipinski definition) is 3. The van der Waals surface area contributed by atoms with Gasteiger partial charge in [-0.25, -0.2) is 0 Å². The number of aryl methyl sites for hydroxylation is 1. The Balaban J connectivity index is 1.90. The number of fused-ring (bicyclic) bond motifs is 1. The average Bonchev–Trinajstić information content (AvgIpc) is 3.05. The van der Waals surface area contributed by atoms with Crippen molar-refractivity contribution in [2.75, 3.05) is 6.54 Å². The average molecular weight is 289 g/mol. The number of aromatic nitrogens is 2. The summed E-state index contributed by atoms with van der Waals surface area (Å²) in [6.07, 6.45) is 1.82. The quantitative estimate of drug-likeness (QED) is 0.923. The Kier molecular flexibility index (Phi) is 3.38. The first-order valence-electron chi connectivity index (χ1n) is 7.04. The molecule has 20 heavy (non-hydrogen) atoms. The van der Waals surface area contributed by atoms with E-state index in [1.165, 1.54) is 10.4 Å². The van der Waals surface area contributed by atoms with Crippen LogP contribution in [0.4, 0.5) is 0 Å². The predicted octanol–water partition coefficient (Wildman–Crippen LogP) is 3.10. The largest absolute Gasteiger partial charge is 0.330 e. The van der Waals surface area contributed by atoms with E-state index in [4.69, 9.17) is 0 Å². The molecule has 3 heterocycles. The third-order valence-electron chi connectivity index (χ3n) is 4.20. The van der Waals surface area contributed by atoms with Gasteiger partial charge in [0, 0.05) is 22.7 Å². The summed E-state index contributed by atoms with van der Waals surface area (Å²) in [5, 5.41) is 9.32. The molecular formula is C15H19N3OS. The zero-order chi connectivity index (χ0) is 14.3. The van der Waals surface area contributed by atoms with Crippen LogP contribution in [-0.4, -0.2) is 27.5 Å². The van der Waals surface area contributed by atoms with Crippen LogP contribution in [0.2, 0.25) is 0 Å². The molecule has 0 radical (unpaired) electrons. The first-order chi connectivity index (χ1) is 9.63. The first kappa shape index (κ1) is 13.4. The fourth-order valence-electron chi connectivity index (χ4n) is 2.91. The molecule has 0 unspecified atom stereocenters. The highest BCUT2D eigenvalue weighted by Gasteiger charge is 2.31. The van der Waals surface area contributed by atoms with Gasteiger partial charge >= 0.3 is 0 Å². The van der Waals surface area contributed by atoms with Gasteiger partial charge in [-0.15, -0.1) is 11.3 Å². The number of rotatable bonds is 2. The molecule has 1 amide bonds. The minimum Gasteiger partial charge on any atom is -0.330 e. The fraction of sp³-hybridized carbons (Fsp3) is 0.467. The second-order valence-corrected chi connectivity index (χ2v) is 6.25. The topological polar surface area (TPSA) is 49.0 Å². The van der Waals surface area contributed by atoms with E-state index < -0.39 is 0 Å². The SMILES string of the molecule is CCc1[nH]nc(C(=O)N2CCc3sccc3[C@H]2C)c1C. The summed E-state index contributed by atoms with van der Waals surface area (Å²) in [5.41, 5.74) is 3.90. The highest BCUT2D eigenvalue weighted by atomic mass is 32.1. The maximum Gasteiger partial charge on any atom is 0.275 e. The summed E-state index contributed by atoms with van der Waals surface area (Å²) >= 11 is 1.79. The molecule has 0 saturated carbocycles. The molecule has 4 nitrogen and oxygen atoms in total. The second kappa shape index (κ2) is 5.05. The van der Waals surface area contributed by atoms with E-state index in [1.54, 1.807) is 11.3 Å². The molecule has 1 N–H and O–H groups in total. The van der Waals surface area contributed by atoms with Gasteiger partial charge in [-0.05, 0) is 43.7 Å². The number of nitrogens with zero attached hydrogens (tertiary/aromatic N) is 2. The van der Waals surface area contributed by atoms with Crippen molar-refractivity contribution in [1.29, 1.82) is 0 Å². The van der Waals surface area contributed by atoms with E-state index in [0.717, 1.165) is 30.6 Å². The van der Waals surface area contributed by atoms with Gasteiger partial charge in [-0.2, -0.15) is 5.10 Å². The zero-order valence-electron chi connectivity index (χ0n) is 12.1. The molecule has 1 atom stereocenters. The fourth-order valence-corrected chi connectivity index (χ4v) is 3.87. The molecule has 1 aliphatic rings. The third kappa shape index (κ3) is 1.97. The number of aromatic amines is 1. The van der Waals surface area contributed by atoms with Crippen molar-refractivity contribution >= 4 is 17.2 Å². The van der Waals surface area contributed by atoms with Crippen molar-refractivity contribution in [1.82, 2.24) is 15.1 Å². The summed E-state index contributed by atoms with van der Waals surface area (Å²) in [4.78, 5) is 16.1. The monoisotopic (exact) mass is 289 g/mol. The Hall–Kier alpha value is -1.62. The van der Waals surface area contributed by atoms with Crippen LogP contribution in [-0.2, 0) is 12.8 Å². The van der Waals surface area contributed by atoms with Gasteiger partial charge in [-0.1, -0.05) is 6.92 Å². The number of carbonyl (C=O) groups excluding carboxylic acids is 1. The molecular weight excluding hydrogens is 270 g/mol. The van der Waals surface area contributed by atoms with E-state index in [-0.39, 0.29) is 11.9 Å². The lowest BCUT2D eigenvalue weighted by molar-refractivity contribution is 0.0672. The molecule has 1 aliphatic heterocycles. The van der Waals surface area contributed by atoms with E-state index in [1.807, 2.05) is 11.8 Å². The Labute approximate surface area is 122 Å². The minimum atomic E-state index is 0.0443. The van der Waals surface area contributed by atoms with Gasteiger partial charge in [0.05, 0.1) is 6.04 Å². The van der Waals surface area contributed by atoms with E-state index in [9.17, 15) is 4.79 Å². The Morgan fingerprint density at radius 3 is 3.10 bits per heavy atom. The molecule has 0 aromatic carbocycles. The minimum absolute atomic E-state index is 0.0443. The zero-order valence-corrected chi connectivity index (χ0v) is 12.9. The van der Waals surface area contributed by atoms with Crippen molar-refractivity contribution in [2.24, 2.45) is 0 Å². The maximum atomic E-state index is 12.7. The summed E-state index contributed by atoms with van der Waals surface area (Å²) in [7, 11) is 0. The lowest BCUT2D eigenvalue weighted by Crippen LogP contribution is -2.38. The highest BCUT2D eigenvalue weighted by molar-refractivity contribution is 7.10. The number of thiophene rings is 1. The number of hydrogen-bond donors (Lipinski definition) is 1. The van der Waals surface area contributed by atoms with Crippen molar-refractivity contribution in [3.05, 3.63) is 38.8 Å². The Morgan fingerprint density at radius 2 is 2.40 bits per heavy atom. The van der Waals surface area contributed by atoms with Crippen LogP contribution < -0.4 is 0 Å². The highest BCUT2D eigenvalue weighted by Crippen LogP contribution is 2.33. The lowest BCUT2D eigenvalue weighted by atomic mass is 10.0. The summed E-state index contributed by atoms with van der Waals surface area (Å²) in [6.45, 7) is 6.92. The van der Waals surface area contributed by atoms with Crippen LogP contribution in [0.5, 0.6) is 0 Å². The van der Waals surface area contributed by atoms with Gasteiger partial charge < -0.3 is 4.90 Å². The van der Waals surface area contributed by atoms with E-state index >= 15 is 0 Å². The van der Waals surface area contributed by atoms with Crippen LogP contribution in [0.15, 0.2) is 11.4 Å². The van der Waals surface area contributed by atoms with Crippen molar-refractivity contribution < 1.29 is 4.79 Å². The van der Waals surface area contributed by atoms with Gasteiger partial charge in [-0.3, -0.25) is 9.89 Å². The van der Waals surface area contributed by atoms with E-state index in [2.05, 4.69) is 35.5 Å². The molecule has 5 heteroatoms. The summed E-state index contributed by atoms with van der Waals surface area (Å²) in [6, 6.07) is 2.28. The van der Waals surface area contributed by atoms with Gasteiger partial charge in [0.2, 0.25) is 0 Å². The molecule has 0 spiro atoms. The number of amides is 1. The van der Waals surface area contributed by atoms with Crippen molar-refractivity contribution in [3.8, 4) is 0 Å². The number of nitrogens with one attached hydrogen (secondary N) is 1. The Morgan fingerprint density at radius 1 is 1.60 bits per heavy atom. The van der Waals surface area contributed by atoms with Crippen LogP contribution in [0.1, 0.15) is 52.1 Å². The van der Waals surface area contributed by atoms with Gasteiger partial charge in [0.1, 0.15) is 0 Å². The molecule has 106 valence electrons. The molecule has 0 bridgehead atoms. The third-order valence-corrected chi connectivity index (χ3v) is 5.20. The number of carbonyl (C=O) groups is 1. The molecule has 2 aromatic heterocycles. The second-order valence-electron chi connectivity index (χ2n) is 5.25. The van der Waals surface area contributed by atoms with Crippen LogP contribution >= 0.6 is 11.3 Å². The maximum absolute atomic E-state index is 12.7. The summed E-state index contributed by atoms with van der Waals surface area (Å²) in [5.74, 6) is 0.0443. The molecule has 0 saturated heterocycles. The molecule has 0 aliphatic carbocycles. The van der Waals surface area contributed by atoms with E-state index in [0.29, 0.717) is 5.69 Å². The smallest absolute Gasteiger partial charge is 0.275 e. The van der Waals surface area contributed by atoms with Gasteiger partial charge in [0.15, 0.2) is 5.69 Å². The Bertz CT molecular complexity index is 643. The van der Waals surface area contributed by atoms with Crippen LogP contribution in [0.25, 0.3) is 0 Å². The first-order valence-corrected chi connectivity index (χ1v) is 7.92. The molecule has 2 aromatic rings. The molecule has 0 fully saturated rings. The lowest BCUT2D eigenvalue weighted by Gasteiger charge is -2.33. The number of H-pyrrole nitrogens is 1. The van der Waals surface area contributed by atoms with Crippen LogP contribution in [0.3, 0.4) is 0 Å². The van der Waals surface area contributed by atoms with Crippen molar-refractivity contribution in [3.63, 3.8) is 0 Å². The van der Waals surface area contributed by atoms with Crippen LogP contribution in [0, 0.1) is 6.92 Å².